The molecule has 0 N–H and O–H groups in total. The molecule has 1 aromatic carbocycles. The molecule has 2 heterocycles. The largest absolute Gasteiger partial charge is 0.444 e. The maximum atomic E-state index is 12.5. The van der Waals surface area contributed by atoms with Crippen LogP contribution in [0.5, 0.6) is 0 Å². The minimum Gasteiger partial charge on any atom is -0.444 e. The number of carbonyl (C=O) groups is 1. The number of benzene rings is 1. The first kappa shape index (κ1) is 17.2. The zero-order valence-electron chi connectivity index (χ0n) is 14.9. The monoisotopic (exact) mass is 341 g/mol. The van der Waals surface area contributed by atoms with Crippen LogP contribution in [0.15, 0.2) is 18.2 Å². The lowest BCUT2D eigenvalue weighted by atomic mass is 10.0. The third-order valence-electron chi connectivity index (χ3n) is 4.28. The van der Waals surface area contributed by atoms with E-state index in [1.54, 1.807) is 27.8 Å². The van der Waals surface area contributed by atoms with Crippen LogP contribution in [0, 0.1) is 11.3 Å². The fourth-order valence-electron chi connectivity index (χ4n) is 3.12. The van der Waals surface area contributed by atoms with Gasteiger partial charge in [0.25, 0.3) is 0 Å². The number of ether oxygens (including phenoxy) is 1. The first-order valence-corrected chi connectivity index (χ1v) is 8.60. The van der Waals surface area contributed by atoms with Gasteiger partial charge in [-0.05, 0) is 58.2 Å². The zero-order chi connectivity index (χ0) is 18.0. The first-order valence-electron chi connectivity index (χ1n) is 8.60. The Morgan fingerprint density at radius 1 is 1.40 bits per heavy atom. The van der Waals surface area contributed by atoms with Crippen molar-refractivity contribution in [2.75, 3.05) is 6.54 Å². The summed E-state index contributed by atoms with van der Waals surface area (Å²) in [5, 5.41) is 17.5. The van der Waals surface area contributed by atoms with E-state index in [4.69, 9.17) is 10.00 Å². The van der Waals surface area contributed by atoms with Gasteiger partial charge in [-0.2, -0.15) is 5.26 Å². The topological polar surface area (TPSA) is 84.0 Å². The Morgan fingerprint density at radius 2 is 2.20 bits per heavy atom. The maximum absolute atomic E-state index is 12.5. The molecule has 0 radical (unpaired) electrons. The molecule has 0 bridgehead atoms. The van der Waals surface area contributed by atoms with E-state index in [0.29, 0.717) is 18.7 Å². The normalized spacial score (nSPS) is 18.2. The fraction of sp³-hybridized carbons (Fsp3) is 0.556. The van der Waals surface area contributed by atoms with Gasteiger partial charge in [-0.1, -0.05) is 5.21 Å². The summed E-state index contributed by atoms with van der Waals surface area (Å²) in [6.45, 7) is 6.86. The van der Waals surface area contributed by atoms with Gasteiger partial charge in [0, 0.05) is 6.54 Å². The molecule has 7 nitrogen and oxygen atoms in total. The number of piperidine rings is 1. The van der Waals surface area contributed by atoms with Crippen molar-refractivity contribution >= 4 is 17.1 Å². The summed E-state index contributed by atoms with van der Waals surface area (Å²) in [4.78, 5) is 14.3. The molecule has 2 aromatic rings. The second-order valence-corrected chi connectivity index (χ2v) is 7.41. The van der Waals surface area contributed by atoms with E-state index in [-0.39, 0.29) is 12.1 Å². The summed E-state index contributed by atoms with van der Waals surface area (Å²) >= 11 is 0. The van der Waals surface area contributed by atoms with Gasteiger partial charge in [0.05, 0.1) is 29.7 Å². The minimum absolute atomic E-state index is 0.0132. The highest BCUT2D eigenvalue weighted by atomic mass is 16.6. The number of hydrogen-bond donors (Lipinski definition) is 0. The Morgan fingerprint density at radius 3 is 2.92 bits per heavy atom. The third kappa shape index (κ3) is 3.90. The zero-order valence-corrected chi connectivity index (χ0v) is 14.9. The van der Waals surface area contributed by atoms with E-state index in [2.05, 4.69) is 16.4 Å². The molecule has 1 unspecified atom stereocenters. The number of nitrogens with zero attached hydrogens (tertiary/aromatic N) is 5. The molecule has 132 valence electrons. The molecule has 3 rings (SSSR count). The average Bonchev–Trinajstić information content (AvgIpc) is 2.96. The van der Waals surface area contributed by atoms with Crippen LogP contribution in [0.2, 0.25) is 0 Å². The van der Waals surface area contributed by atoms with Crippen molar-refractivity contribution in [2.24, 2.45) is 0 Å². The molecule has 1 atom stereocenters. The minimum atomic E-state index is -0.513. The molecular weight excluding hydrogens is 318 g/mol. The van der Waals surface area contributed by atoms with E-state index in [1.807, 2.05) is 20.8 Å². The van der Waals surface area contributed by atoms with Gasteiger partial charge in [-0.3, -0.25) is 0 Å². The summed E-state index contributed by atoms with van der Waals surface area (Å²) in [5.74, 6) is 0. The van der Waals surface area contributed by atoms with E-state index in [1.165, 1.54) is 0 Å². The van der Waals surface area contributed by atoms with Crippen molar-refractivity contribution in [3.05, 3.63) is 23.8 Å². The van der Waals surface area contributed by atoms with Crippen LogP contribution in [-0.4, -0.2) is 44.2 Å². The number of carbonyl (C=O) groups excluding carboxylic acids is 1. The Kier molecular flexibility index (Phi) is 4.62. The molecule has 1 amide bonds. The van der Waals surface area contributed by atoms with E-state index >= 15 is 0 Å². The van der Waals surface area contributed by atoms with Gasteiger partial charge in [0.2, 0.25) is 0 Å². The molecule has 0 saturated carbocycles. The molecule has 1 aliphatic rings. The Labute approximate surface area is 147 Å². The van der Waals surface area contributed by atoms with Gasteiger partial charge in [0.1, 0.15) is 11.1 Å². The number of fused-ring (bicyclic) bond motifs is 1. The van der Waals surface area contributed by atoms with Crippen molar-refractivity contribution < 1.29 is 9.53 Å². The van der Waals surface area contributed by atoms with Crippen LogP contribution in [-0.2, 0) is 11.3 Å². The van der Waals surface area contributed by atoms with Gasteiger partial charge in [0.15, 0.2) is 0 Å². The number of aromatic nitrogens is 3. The molecular formula is C18H23N5O2. The molecule has 1 saturated heterocycles. The molecule has 1 aliphatic heterocycles. The summed E-state index contributed by atoms with van der Waals surface area (Å²) in [7, 11) is 0. The second kappa shape index (κ2) is 6.71. The van der Waals surface area contributed by atoms with Crippen LogP contribution in [0.25, 0.3) is 11.0 Å². The van der Waals surface area contributed by atoms with E-state index in [9.17, 15) is 4.79 Å². The molecule has 1 fully saturated rings. The van der Waals surface area contributed by atoms with Crippen molar-refractivity contribution in [1.29, 1.82) is 5.26 Å². The quantitative estimate of drug-likeness (QED) is 0.838. The highest BCUT2D eigenvalue weighted by Gasteiger charge is 2.31. The van der Waals surface area contributed by atoms with Gasteiger partial charge in [-0.25, -0.2) is 9.48 Å². The number of likely N-dealkylation sites (tertiary alicyclic amines) is 1. The highest BCUT2D eigenvalue weighted by Crippen LogP contribution is 2.23. The second-order valence-electron chi connectivity index (χ2n) is 7.41. The standard InChI is InChI=1S/C18H23N5O2/c1-18(2,3)25-17(24)22-9-5-4-6-14(22)12-23-16-10-13(11-19)7-8-15(16)20-21-23/h7-8,10,14H,4-6,9,12H2,1-3H3. The average molecular weight is 341 g/mol. The van der Waals surface area contributed by atoms with Crippen molar-refractivity contribution in [3.63, 3.8) is 0 Å². The first-order chi connectivity index (χ1) is 11.9. The van der Waals surface area contributed by atoms with Crippen LogP contribution in [0.4, 0.5) is 4.79 Å². The van der Waals surface area contributed by atoms with Crippen molar-refractivity contribution in [1.82, 2.24) is 19.9 Å². The number of hydrogen-bond acceptors (Lipinski definition) is 5. The molecule has 0 aliphatic carbocycles. The van der Waals surface area contributed by atoms with Crippen LogP contribution >= 0.6 is 0 Å². The van der Waals surface area contributed by atoms with E-state index < -0.39 is 5.60 Å². The van der Waals surface area contributed by atoms with Gasteiger partial charge >= 0.3 is 6.09 Å². The summed E-state index contributed by atoms with van der Waals surface area (Å²) in [5.41, 5.74) is 1.62. The van der Waals surface area contributed by atoms with Crippen molar-refractivity contribution in [3.8, 4) is 6.07 Å². The van der Waals surface area contributed by atoms with Crippen LogP contribution < -0.4 is 0 Å². The van der Waals surface area contributed by atoms with E-state index in [0.717, 1.165) is 30.3 Å². The number of rotatable bonds is 2. The SMILES string of the molecule is CC(C)(C)OC(=O)N1CCCCC1Cn1nnc2ccc(C#N)cc21. The molecule has 25 heavy (non-hydrogen) atoms. The lowest BCUT2D eigenvalue weighted by Crippen LogP contribution is -2.48. The smallest absolute Gasteiger partial charge is 0.410 e. The van der Waals surface area contributed by atoms with Crippen molar-refractivity contribution in [2.45, 2.75) is 58.2 Å². The number of amides is 1. The summed E-state index contributed by atoms with van der Waals surface area (Å²) in [6, 6.07) is 7.47. The Hall–Kier alpha value is -2.62. The molecule has 1 aromatic heterocycles. The summed E-state index contributed by atoms with van der Waals surface area (Å²) in [6.07, 6.45) is 2.67. The predicted molar refractivity (Wildman–Crippen MR) is 92.8 cm³/mol. The highest BCUT2D eigenvalue weighted by molar-refractivity contribution is 5.76. The lowest BCUT2D eigenvalue weighted by Gasteiger charge is -2.36. The van der Waals surface area contributed by atoms with Crippen LogP contribution in [0.1, 0.15) is 45.6 Å². The Bertz CT molecular complexity index is 815. The van der Waals surface area contributed by atoms with Gasteiger partial charge in [-0.15, -0.1) is 5.10 Å². The number of nitriles is 1. The van der Waals surface area contributed by atoms with Crippen LogP contribution in [0.3, 0.4) is 0 Å². The summed E-state index contributed by atoms with van der Waals surface area (Å²) < 4.78 is 7.33. The predicted octanol–water partition coefficient (Wildman–Crippen LogP) is 3.09. The Balaban J connectivity index is 1.82. The third-order valence-corrected chi connectivity index (χ3v) is 4.28. The lowest BCUT2D eigenvalue weighted by molar-refractivity contribution is 0.00748. The fourth-order valence-corrected chi connectivity index (χ4v) is 3.12. The maximum Gasteiger partial charge on any atom is 0.410 e. The molecule has 0 spiro atoms. The molecule has 7 heteroatoms. The van der Waals surface area contributed by atoms with Gasteiger partial charge < -0.3 is 9.64 Å².